The smallest absolute Gasteiger partial charge is 0.304 e. The number of hydrogen-bond donors (Lipinski definition) is 1. The van der Waals surface area contributed by atoms with Gasteiger partial charge in [-0.2, -0.15) is 0 Å². The van der Waals surface area contributed by atoms with Gasteiger partial charge in [-0.3, -0.25) is 9.36 Å². The van der Waals surface area contributed by atoms with Crippen molar-refractivity contribution in [3.63, 3.8) is 0 Å². The van der Waals surface area contributed by atoms with Crippen LogP contribution >= 0.6 is 0 Å². The highest BCUT2D eigenvalue weighted by Gasteiger charge is 2.20. The molecule has 1 heterocycles. The Morgan fingerprint density at radius 2 is 1.77 bits per heavy atom. The molecule has 1 N–H and O–H groups in total. The summed E-state index contributed by atoms with van der Waals surface area (Å²) in [5.74, 6) is 0. The van der Waals surface area contributed by atoms with E-state index in [9.17, 15) is 18.0 Å². The molecule has 0 amide bonds. The lowest BCUT2D eigenvalue weighted by Gasteiger charge is -2.17. The lowest BCUT2D eigenvalue weighted by atomic mass is 10.4. The fourth-order valence-electron chi connectivity index (χ4n) is 2.09. The molecule has 8 nitrogen and oxygen atoms in total. The quantitative estimate of drug-likeness (QED) is 0.622. The van der Waals surface area contributed by atoms with Crippen LogP contribution in [-0.4, -0.2) is 48.6 Å². The second-order valence-corrected chi connectivity index (χ2v) is 6.76. The van der Waals surface area contributed by atoms with Crippen LogP contribution in [0.25, 0.3) is 0 Å². The average Bonchev–Trinajstić information content (AvgIpc) is 2.48. The molecular weight excluding hydrogens is 308 g/mol. The largest absolute Gasteiger partial charge is 0.330 e. The van der Waals surface area contributed by atoms with Crippen LogP contribution in [0, 0.1) is 0 Å². The minimum absolute atomic E-state index is 0.241. The van der Waals surface area contributed by atoms with E-state index in [1.54, 1.807) is 0 Å². The third-order valence-electron chi connectivity index (χ3n) is 3.54. The number of aromatic nitrogens is 2. The molecular formula is C13H24N4O4S. The minimum Gasteiger partial charge on any atom is -0.304 e. The average molecular weight is 332 g/mol. The standard InChI is InChI=1S/C13H24N4O4S/c1-5-17(6-2)9-7-8-14-22(20,21)11-10-15(3)13(19)16(4)12(11)18/h10,14H,5-9H2,1-4H3. The zero-order valence-corrected chi connectivity index (χ0v) is 14.3. The molecule has 0 saturated carbocycles. The van der Waals surface area contributed by atoms with Crippen LogP contribution in [0.15, 0.2) is 20.7 Å². The Kier molecular flexibility index (Phi) is 6.51. The molecule has 22 heavy (non-hydrogen) atoms. The monoisotopic (exact) mass is 332 g/mol. The van der Waals surface area contributed by atoms with Crippen molar-refractivity contribution in [2.75, 3.05) is 26.2 Å². The van der Waals surface area contributed by atoms with Crippen LogP contribution < -0.4 is 16.0 Å². The number of aryl methyl sites for hydroxylation is 1. The summed E-state index contributed by atoms with van der Waals surface area (Å²) in [5.41, 5.74) is -1.38. The number of hydrogen-bond acceptors (Lipinski definition) is 5. The third kappa shape index (κ3) is 4.28. The van der Waals surface area contributed by atoms with Gasteiger partial charge in [-0.05, 0) is 26.1 Å². The van der Waals surface area contributed by atoms with Crippen molar-refractivity contribution in [1.82, 2.24) is 18.8 Å². The van der Waals surface area contributed by atoms with Crippen molar-refractivity contribution in [1.29, 1.82) is 0 Å². The normalized spacial score (nSPS) is 12.0. The molecule has 126 valence electrons. The fourth-order valence-corrected chi connectivity index (χ4v) is 3.32. The Hall–Kier alpha value is -1.45. The van der Waals surface area contributed by atoms with E-state index in [2.05, 4.69) is 9.62 Å². The molecule has 0 saturated heterocycles. The molecule has 0 fully saturated rings. The molecule has 0 spiro atoms. The molecule has 9 heteroatoms. The van der Waals surface area contributed by atoms with Gasteiger partial charge in [0.2, 0.25) is 10.0 Å². The molecule has 0 aliphatic rings. The lowest BCUT2D eigenvalue weighted by molar-refractivity contribution is 0.300. The first-order valence-electron chi connectivity index (χ1n) is 7.23. The van der Waals surface area contributed by atoms with Crippen LogP contribution in [0.1, 0.15) is 20.3 Å². The first-order chi connectivity index (χ1) is 10.2. The minimum atomic E-state index is -3.93. The molecule has 0 aromatic carbocycles. The molecule has 0 radical (unpaired) electrons. The van der Waals surface area contributed by atoms with Crippen LogP contribution in [0.4, 0.5) is 0 Å². The van der Waals surface area contributed by atoms with Gasteiger partial charge < -0.3 is 9.47 Å². The van der Waals surface area contributed by atoms with E-state index in [0.29, 0.717) is 6.42 Å². The van der Waals surface area contributed by atoms with Gasteiger partial charge in [-0.1, -0.05) is 13.8 Å². The number of sulfonamides is 1. The summed E-state index contributed by atoms with van der Waals surface area (Å²) in [7, 11) is -1.27. The third-order valence-corrected chi connectivity index (χ3v) is 4.99. The van der Waals surface area contributed by atoms with Gasteiger partial charge in [-0.25, -0.2) is 17.9 Å². The van der Waals surface area contributed by atoms with E-state index in [1.807, 2.05) is 13.8 Å². The number of rotatable bonds is 8. The predicted octanol–water partition coefficient (Wildman–Crippen LogP) is -0.906. The van der Waals surface area contributed by atoms with Crippen LogP contribution in [0.2, 0.25) is 0 Å². The first kappa shape index (κ1) is 18.6. The molecule has 1 aromatic heterocycles. The lowest BCUT2D eigenvalue weighted by Crippen LogP contribution is -2.41. The zero-order chi connectivity index (χ0) is 16.9. The fraction of sp³-hybridized carbons (Fsp3) is 0.692. The summed E-state index contributed by atoms with van der Waals surface area (Å²) in [6.45, 7) is 6.92. The van der Waals surface area contributed by atoms with Gasteiger partial charge in [0.25, 0.3) is 5.56 Å². The summed E-state index contributed by atoms with van der Waals surface area (Å²) in [6.07, 6.45) is 1.70. The van der Waals surface area contributed by atoms with Crippen molar-refractivity contribution in [3.8, 4) is 0 Å². The van der Waals surface area contributed by atoms with Crippen LogP contribution in [-0.2, 0) is 24.1 Å². The summed E-state index contributed by atoms with van der Waals surface area (Å²) in [6, 6.07) is 0. The summed E-state index contributed by atoms with van der Waals surface area (Å²) in [5, 5.41) is 0. The SMILES string of the molecule is CCN(CC)CCCNS(=O)(=O)c1cn(C)c(=O)n(C)c1=O. The zero-order valence-electron chi connectivity index (χ0n) is 13.5. The molecule has 1 rings (SSSR count). The van der Waals surface area contributed by atoms with Gasteiger partial charge in [0.1, 0.15) is 0 Å². The highest BCUT2D eigenvalue weighted by atomic mass is 32.2. The maximum Gasteiger partial charge on any atom is 0.330 e. The Morgan fingerprint density at radius 1 is 1.18 bits per heavy atom. The first-order valence-corrected chi connectivity index (χ1v) is 8.71. The second kappa shape index (κ2) is 7.70. The van der Waals surface area contributed by atoms with Crippen LogP contribution in [0.3, 0.4) is 0 Å². The summed E-state index contributed by atoms with van der Waals surface area (Å²) < 4.78 is 28.7. The maximum atomic E-state index is 12.2. The predicted molar refractivity (Wildman–Crippen MR) is 84.5 cm³/mol. The Bertz CT molecular complexity index is 717. The van der Waals surface area contributed by atoms with Crippen molar-refractivity contribution in [2.24, 2.45) is 14.1 Å². The maximum absolute atomic E-state index is 12.2. The van der Waals surface area contributed by atoms with Gasteiger partial charge in [-0.15, -0.1) is 0 Å². The van der Waals surface area contributed by atoms with E-state index >= 15 is 0 Å². The Morgan fingerprint density at radius 3 is 2.32 bits per heavy atom. The Labute approximate surface area is 130 Å². The molecule has 0 unspecified atom stereocenters. The van der Waals surface area contributed by atoms with E-state index in [4.69, 9.17) is 0 Å². The molecule has 0 aliphatic carbocycles. The van der Waals surface area contributed by atoms with E-state index < -0.39 is 26.2 Å². The van der Waals surface area contributed by atoms with Gasteiger partial charge in [0.15, 0.2) is 4.90 Å². The molecule has 0 atom stereocenters. The van der Waals surface area contributed by atoms with Gasteiger partial charge in [0.05, 0.1) is 0 Å². The van der Waals surface area contributed by atoms with E-state index in [-0.39, 0.29) is 6.54 Å². The highest BCUT2D eigenvalue weighted by molar-refractivity contribution is 7.89. The van der Waals surface area contributed by atoms with E-state index in [0.717, 1.165) is 35.0 Å². The Balaban J connectivity index is 2.84. The van der Waals surface area contributed by atoms with Crippen molar-refractivity contribution in [2.45, 2.75) is 25.2 Å². The number of nitrogens with zero attached hydrogens (tertiary/aromatic N) is 3. The van der Waals surface area contributed by atoms with Gasteiger partial charge in [0, 0.05) is 26.8 Å². The van der Waals surface area contributed by atoms with E-state index in [1.165, 1.54) is 14.1 Å². The highest BCUT2D eigenvalue weighted by Crippen LogP contribution is 2.00. The molecule has 0 bridgehead atoms. The summed E-state index contributed by atoms with van der Waals surface area (Å²) in [4.78, 5) is 25.3. The molecule has 1 aromatic rings. The number of nitrogens with one attached hydrogen (secondary N) is 1. The topological polar surface area (TPSA) is 93.4 Å². The molecule has 0 aliphatic heterocycles. The van der Waals surface area contributed by atoms with Crippen LogP contribution in [0.5, 0.6) is 0 Å². The second-order valence-electron chi connectivity index (χ2n) is 5.03. The van der Waals surface area contributed by atoms with Crippen molar-refractivity contribution >= 4 is 10.0 Å². The van der Waals surface area contributed by atoms with Crippen molar-refractivity contribution in [3.05, 3.63) is 27.0 Å². The summed E-state index contributed by atoms with van der Waals surface area (Å²) >= 11 is 0. The van der Waals surface area contributed by atoms with Gasteiger partial charge >= 0.3 is 5.69 Å². The van der Waals surface area contributed by atoms with Crippen molar-refractivity contribution < 1.29 is 8.42 Å².